The van der Waals surface area contributed by atoms with E-state index >= 15 is 0 Å². The van der Waals surface area contributed by atoms with Gasteiger partial charge < -0.3 is 0 Å². The highest BCUT2D eigenvalue weighted by molar-refractivity contribution is 14.1. The quantitative estimate of drug-likeness (QED) is 0.723. The molecule has 1 aromatic rings. The Kier molecular flexibility index (Phi) is 3.00. The SMILES string of the molecule is FC(F)c1ncc(I)cc1Cl. The zero-order valence-corrected chi connectivity index (χ0v) is 8.10. The third-order valence-corrected chi connectivity index (χ3v) is 1.94. The predicted molar refractivity (Wildman–Crippen MR) is 46.9 cm³/mol. The molecule has 60 valence electrons. The van der Waals surface area contributed by atoms with E-state index in [2.05, 4.69) is 4.98 Å². The molecule has 0 spiro atoms. The van der Waals surface area contributed by atoms with Crippen LogP contribution < -0.4 is 0 Å². The molecule has 0 saturated heterocycles. The van der Waals surface area contributed by atoms with Crippen LogP contribution in [0.25, 0.3) is 0 Å². The van der Waals surface area contributed by atoms with Gasteiger partial charge in [-0.3, -0.25) is 4.98 Å². The van der Waals surface area contributed by atoms with E-state index in [-0.39, 0.29) is 10.7 Å². The first-order valence-corrected chi connectivity index (χ1v) is 4.16. The van der Waals surface area contributed by atoms with E-state index in [1.165, 1.54) is 12.3 Å². The first-order chi connectivity index (χ1) is 5.11. The smallest absolute Gasteiger partial charge is 0.253 e. The second-order valence-electron chi connectivity index (χ2n) is 1.82. The van der Waals surface area contributed by atoms with Crippen molar-refractivity contribution in [3.05, 3.63) is 26.5 Å². The van der Waals surface area contributed by atoms with Crippen LogP contribution in [0.1, 0.15) is 12.1 Å². The van der Waals surface area contributed by atoms with Gasteiger partial charge in [0.2, 0.25) is 0 Å². The standard InChI is InChI=1S/C6H3ClF2IN/c7-4-1-3(10)2-11-5(4)6(8)9/h1-2,6H. The van der Waals surface area contributed by atoms with E-state index in [0.29, 0.717) is 0 Å². The minimum Gasteiger partial charge on any atom is -0.253 e. The molecule has 0 N–H and O–H groups in total. The third kappa shape index (κ3) is 2.23. The number of rotatable bonds is 1. The highest BCUT2D eigenvalue weighted by Gasteiger charge is 2.12. The zero-order valence-electron chi connectivity index (χ0n) is 5.19. The van der Waals surface area contributed by atoms with Crippen LogP contribution in [0.2, 0.25) is 5.02 Å². The Morgan fingerprint density at radius 2 is 2.18 bits per heavy atom. The first kappa shape index (κ1) is 9.12. The maximum absolute atomic E-state index is 12.0. The summed E-state index contributed by atoms with van der Waals surface area (Å²) >= 11 is 7.43. The van der Waals surface area contributed by atoms with Crippen molar-refractivity contribution in [2.24, 2.45) is 0 Å². The summed E-state index contributed by atoms with van der Waals surface area (Å²) in [6, 6.07) is 1.45. The van der Waals surface area contributed by atoms with E-state index in [9.17, 15) is 8.78 Å². The van der Waals surface area contributed by atoms with Crippen molar-refractivity contribution in [1.29, 1.82) is 0 Å². The van der Waals surface area contributed by atoms with Crippen molar-refractivity contribution < 1.29 is 8.78 Å². The van der Waals surface area contributed by atoms with Crippen LogP contribution in [-0.2, 0) is 0 Å². The highest BCUT2D eigenvalue weighted by Crippen LogP contribution is 2.25. The monoisotopic (exact) mass is 289 g/mol. The van der Waals surface area contributed by atoms with Crippen LogP contribution >= 0.6 is 34.2 Å². The van der Waals surface area contributed by atoms with E-state index in [4.69, 9.17) is 11.6 Å². The number of alkyl halides is 2. The summed E-state index contributed by atoms with van der Waals surface area (Å²) in [7, 11) is 0. The molecule has 0 aliphatic carbocycles. The maximum Gasteiger partial charge on any atom is 0.281 e. The van der Waals surface area contributed by atoms with Gasteiger partial charge in [0, 0.05) is 9.77 Å². The summed E-state index contributed by atoms with van der Waals surface area (Å²) < 4.78 is 24.8. The lowest BCUT2D eigenvalue weighted by atomic mass is 10.4. The summed E-state index contributed by atoms with van der Waals surface area (Å²) in [5.41, 5.74) is -0.355. The van der Waals surface area contributed by atoms with Crippen LogP contribution in [-0.4, -0.2) is 4.98 Å². The zero-order chi connectivity index (χ0) is 8.43. The van der Waals surface area contributed by atoms with Crippen LogP contribution in [0.3, 0.4) is 0 Å². The van der Waals surface area contributed by atoms with Crippen LogP contribution in [0.5, 0.6) is 0 Å². The molecule has 1 nitrogen and oxygen atoms in total. The largest absolute Gasteiger partial charge is 0.281 e. The number of pyridine rings is 1. The predicted octanol–water partition coefficient (Wildman–Crippen LogP) is 3.28. The fourth-order valence-electron chi connectivity index (χ4n) is 0.586. The summed E-state index contributed by atoms with van der Waals surface area (Å²) in [4.78, 5) is 3.49. The lowest BCUT2D eigenvalue weighted by Gasteiger charge is -2.00. The molecule has 1 rings (SSSR count). The molecule has 0 aromatic carbocycles. The minimum absolute atomic E-state index is 0.0203. The molecule has 0 aliphatic rings. The van der Waals surface area contributed by atoms with Crippen LogP contribution in [0.15, 0.2) is 12.3 Å². The average molecular weight is 289 g/mol. The molecule has 1 heterocycles. The molecule has 0 fully saturated rings. The van der Waals surface area contributed by atoms with Gasteiger partial charge in [-0.1, -0.05) is 11.6 Å². The fraction of sp³-hybridized carbons (Fsp3) is 0.167. The van der Waals surface area contributed by atoms with Crippen molar-refractivity contribution in [3.63, 3.8) is 0 Å². The lowest BCUT2D eigenvalue weighted by Crippen LogP contribution is -1.91. The van der Waals surface area contributed by atoms with Gasteiger partial charge in [0.05, 0.1) is 5.02 Å². The van der Waals surface area contributed by atoms with E-state index < -0.39 is 6.43 Å². The molecule has 1 aromatic heterocycles. The number of aromatic nitrogens is 1. The molecule has 0 radical (unpaired) electrons. The Morgan fingerprint density at radius 1 is 1.55 bits per heavy atom. The molecule has 5 heteroatoms. The van der Waals surface area contributed by atoms with Gasteiger partial charge in [0.15, 0.2) is 0 Å². The normalized spacial score (nSPS) is 10.6. The first-order valence-electron chi connectivity index (χ1n) is 2.70. The Labute approximate surface area is 80.9 Å². The summed E-state index contributed by atoms with van der Waals surface area (Å²) in [5, 5.41) is 0.0203. The minimum atomic E-state index is -2.60. The molecular weight excluding hydrogens is 286 g/mol. The van der Waals surface area contributed by atoms with Gasteiger partial charge in [-0.05, 0) is 28.7 Å². The molecule has 0 atom stereocenters. The van der Waals surface area contributed by atoms with E-state index in [0.717, 1.165) is 3.57 Å². The fourth-order valence-corrected chi connectivity index (χ4v) is 1.47. The topological polar surface area (TPSA) is 12.9 Å². The maximum atomic E-state index is 12.0. The average Bonchev–Trinajstić information content (AvgIpc) is 1.85. The van der Waals surface area contributed by atoms with Gasteiger partial charge in [0.25, 0.3) is 6.43 Å². The second kappa shape index (κ2) is 3.62. The Morgan fingerprint density at radius 3 is 2.64 bits per heavy atom. The van der Waals surface area contributed by atoms with Crippen molar-refractivity contribution in [3.8, 4) is 0 Å². The second-order valence-corrected chi connectivity index (χ2v) is 3.47. The van der Waals surface area contributed by atoms with E-state index in [1.54, 1.807) is 0 Å². The van der Waals surface area contributed by atoms with Gasteiger partial charge in [-0.2, -0.15) is 0 Å². The third-order valence-electron chi connectivity index (χ3n) is 1.04. The van der Waals surface area contributed by atoms with Gasteiger partial charge in [-0.15, -0.1) is 0 Å². The lowest BCUT2D eigenvalue weighted by molar-refractivity contribution is 0.146. The molecule has 0 bridgehead atoms. The van der Waals surface area contributed by atoms with Gasteiger partial charge in [-0.25, -0.2) is 8.78 Å². The number of halogens is 4. The summed E-state index contributed by atoms with van der Waals surface area (Å²) in [5.74, 6) is 0. The van der Waals surface area contributed by atoms with Crippen molar-refractivity contribution in [2.45, 2.75) is 6.43 Å². The Balaban J connectivity index is 3.09. The molecule has 0 saturated carbocycles. The van der Waals surface area contributed by atoms with Crippen LogP contribution in [0.4, 0.5) is 8.78 Å². The molecule has 11 heavy (non-hydrogen) atoms. The Bertz CT molecular complexity index is 267. The Hall–Kier alpha value is 0.0300. The van der Waals surface area contributed by atoms with Gasteiger partial charge >= 0.3 is 0 Å². The summed E-state index contributed by atoms with van der Waals surface area (Å²) in [6.45, 7) is 0. The molecule has 0 amide bonds. The molecular formula is C6H3ClF2IN. The summed E-state index contributed by atoms with van der Waals surface area (Å²) in [6.07, 6.45) is -1.24. The van der Waals surface area contributed by atoms with Crippen LogP contribution in [0, 0.1) is 3.57 Å². The van der Waals surface area contributed by atoms with Crippen molar-refractivity contribution in [2.75, 3.05) is 0 Å². The molecule has 0 aliphatic heterocycles. The van der Waals surface area contributed by atoms with E-state index in [1.807, 2.05) is 22.6 Å². The highest BCUT2D eigenvalue weighted by atomic mass is 127. The van der Waals surface area contributed by atoms with Crippen molar-refractivity contribution in [1.82, 2.24) is 4.98 Å². The van der Waals surface area contributed by atoms with Gasteiger partial charge in [0.1, 0.15) is 5.69 Å². The number of hydrogen-bond acceptors (Lipinski definition) is 1. The van der Waals surface area contributed by atoms with Crippen molar-refractivity contribution >= 4 is 34.2 Å². The number of nitrogens with zero attached hydrogens (tertiary/aromatic N) is 1. The molecule has 0 unspecified atom stereocenters. The number of hydrogen-bond donors (Lipinski definition) is 0.